The fourth-order valence-corrected chi connectivity index (χ4v) is 4.87. The molecule has 0 unspecified atom stereocenters. The number of nitrogens with one attached hydrogen (secondary N) is 1. The van der Waals surface area contributed by atoms with Crippen LogP contribution in [-0.4, -0.2) is 50.5 Å². The van der Waals surface area contributed by atoms with Gasteiger partial charge in [0.2, 0.25) is 21.8 Å². The number of sulfonamides is 1. The largest absolute Gasteiger partial charge is 0.354 e. The molecule has 0 aromatic heterocycles. The summed E-state index contributed by atoms with van der Waals surface area (Å²) in [5.74, 6) is -0.246. The van der Waals surface area contributed by atoms with Crippen molar-refractivity contribution in [3.63, 3.8) is 0 Å². The van der Waals surface area contributed by atoms with E-state index >= 15 is 0 Å². The molecule has 0 aliphatic heterocycles. The fraction of sp³-hybridized carbons (Fsp3) is 0.462. The lowest BCUT2D eigenvalue weighted by atomic mass is 10.1. The van der Waals surface area contributed by atoms with E-state index in [0.29, 0.717) is 22.3 Å². The molecule has 1 atom stereocenters. The lowest BCUT2D eigenvalue weighted by molar-refractivity contribution is -0.140. The highest BCUT2D eigenvalue weighted by molar-refractivity contribution is 7.92. The molecule has 0 saturated heterocycles. The second-order valence-corrected chi connectivity index (χ2v) is 12.1. The Morgan fingerprint density at radius 1 is 1.00 bits per heavy atom. The van der Waals surface area contributed by atoms with Crippen LogP contribution in [0.3, 0.4) is 0 Å². The van der Waals surface area contributed by atoms with Crippen LogP contribution in [0.15, 0.2) is 42.5 Å². The normalized spacial score (nSPS) is 12.3. The van der Waals surface area contributed by atoms with E-state index in [1.54, 1.807) is 37.3 Å². The second kappa shape index (κ2) is 13.3. The smallest absolute Gasteiger partial charge is 0.242 e. The third-order valence-electron chi connectivity index (χ3n) is 5.66. The van der Waals surface area contributed by atoms with Gasteiger partial charge in [0.05, 0.1) is 22.0 Å². The molecule has 2 aromatic carbocycles. The Morgan fingerprint density at radius 3 is 2.19 bits per heavy atom. The van der Waals surface area contributed by atoms with E-state index in [1.807, 2.05) is 32.9 Å². The van der Waals surface area contributed by atoms with Crippen molar-refractivity contribution in [2.24, 2.45) is 5.92 Å². The number of carbonyl (C=O) groups excluding carboxylic acids is 2. The zero-order valence-electron chi connectivity index (χ0n) is 21.4. The van der Waals surface area contributed by atoms with Crippen LogP contribution >= 0.6 is 23.2 Å². The molecule has 2 aromatic rings. The number of hydrogen-bond donors (Lipinski definition) is 1. The van der Waals surface area contributed by atoms with E-state index in [0.717, 1.165) is 17.4 Å². The maximum atomic E-state index is 13.3. The van der Waals surface area contributed by atoms with Crippen LogP contribution < -0.4 is 9.62 Å². The summed E-state index contributed by atoms with van der Waals surface area (Å²) in [5.41, 5.74) is 2.30. The van der Waals surface area contributed by atoms with Crippen LogP contribution in [0, 0.1) is 12.8 Å². The lowest BCUT2D eigenvalue weighted by Crippen LogP contribution is -2.48. The first kappa shape index (κ1) is 29.9. The standard InChI is InChI=1S/C26H35Cl2N3O4S/c1-18(2)16-29-26(33)20(4)30(17-21-10-13-23(27)24(28)15-21)25(32)7-6-14-31(36(5,34)35)22-11-8-19(3)9-12-22/h8-13,15,18,20H,6-7,14,16-17H2,1-5H3,(H,29,33)/t20-/m1/s1. The van der Waals surface area contributed by atoms with E-state index in [1.165, 1.54) is 9.21 Å². The number of halogens is 2. The van der Waals surface area contributed by atoms with Crippen molar-refractivity contribution in [3.8, 4) is 0 Å². The molecule has 2 amide bonds. The number of anilines is 1. The topological polar surface area (TPSA) is 86.8 Å². The van der Waals surface area contributed by atoms with Crippen molar-refractivity contribution >= 4 is 50.7 Å². The average Bonchev–Trinajstić information content (AvgIpc) is 2.80. The molecule has 0 saturated carbocycles. The van der Waals surface area contributed by atoms with E-state index in [4.69, 9.17) is 23.2 Å². The van der Waals surface area contributed by atoms with Crippen LogP contribution in [0.25, 0.3) is 0 Å². The summed E-state index contributed by atoms with van der Waals surface area (Å²) in [7, 11) is -3.53. The first-order chi connectivity index (χ1) is 16.8. The number of rotatable bonds is 12. The van der Waals surface area contributed by atoms with Gasteiger partial charge in [-0.25, -0.2) is 8.42 Å². The van der Waals surface area contributed by atoms with Crippen LogP contribution in [0.4, 0.5) is 5.69 Å². The van der Waals surface area contributed by atoms with Crippen molar-refractivity contribution in [1.29, 1.82) is 0 Å². The zero-order valence-corrected chi connectivity index (χ0v) is 23.8. The molecular formula is C26H35Cl2N3O4S. The Bertz CT molecular complexity index is 1150. The predicted octanol–water partition coefficient (Wildman–Crippen LogP) is 5.04. The van der Waals surface area contributed by atoms with Gasteiger partial charge >= 0.3 is 0 Å². The Hall–Kier alpha value is -2.29. The minimum Gasteiger partial charge on any atom is -0.354 e. The molecule has 1 N–H and O–H groups in total. The maximum Gasteiger partial charge on any atom is 0.242 e. The monoisotopic (exact) mass is 555 g/mol. The van der Waals surface area contributed by atoms with Crippen LogP contribution in [0.2, 0.25) is 10.0 Å². The number of aryl methyl sites for hydroxylation is 1. The van der Waals surface area contributed by atoms with Gasteiger partial charge in [-0.3, -0.25) is 13.9 Å². The number of hydrogen-bond acceptors (Lipinski definition) is 4. The Kier molecular flexibility index (Phi) is 11.1. The highest BCUT2D eigenvalue weighted by Crippen LogP contribution is 2.24. The molecule has 0 fully saturated rings. The minimum atomic E-state index is -3.53. The molecular weight excluding hydrogens is 521 g/mol. The van der Waals surface area contributed by atoms with Gasteiger partial charge in [-0.05, 0) is 56.0 Å². The first-order valence-corrected chi connectivity index (χ1v) is 14.5. The van der Waals surface area contributed by atoms with E-state index in [2.05, 4.69) is 5.32 Å². The van der Waals surface area contributed by atoms with Gasteiger partial charge in [-0.1, -0.05) is 60.8 Å². The van der Waals surface area contributed by atoms with Gasteiger partial charge in [0.1, 0.15) is 6.04 Å². The lowest BCUT2D eigenvalue weighted by Gasteiger charge is -2.30. The Balaban J connectivity index is 2.18. The summed E-state index contributed by atoms with van der Waals surface area (Å²) in [6.07, 6.45) is 1.51. The maximum absolute atomic E-state index is 13.3. The summed E-state index contributed by atoms with van der Waals surface area (Å²) >= 11 is 12.2. The molecule has 0 spiro atoms. The van der Waals surface area contributed by atoms with E-state index in [-0.39, 0.29) is 43.7 Å². The molecule has 0 aliphatic rings. The van der Waals surface area contributed by atoms with Crippen LogP contribution in [0.5, 0.6) is 0 Å². The summed E-state index contributed by atoms with van der Waals surface area (Å²) in [6.45, 7) is 8.39. The van der Waals surface area contributed by atoms with Gasteiger partial charge in [-0.15, -0.1) is 0 Å². The van der Waals surface area contributed by atoms with Gasteiger partial charge in [0, 0.05) is 26.1 Å². The average molecular weight is 557 g/mol. The van der Waals surface area contributed by atoms with Gasteiger partial charge in [0.25, 0.3) is 0 Å². The molecule has 0 heterocycles. The van der Waals surface area contributed by atoms with Gasteiger partial charge in [-0.2, -0.15) is 0 Å². The van der Waals surface area contributed by atoms with Crippen molar-refractivity contribution in [2.75, 3.05) is 23.7 Å². The molecule has 2 rings (SSSR count). The van der Waals surface area contributed by atoms with Crippen molar-refractivity contribution < 1.29 is 18.0 Å². The summed E-state index contributed by atoms with van der Waals surface area (Å²) in [5, 5.41) is 3.64. The molecule has 7 nitrogen and oxygen atoms in total. The van der Waals surface area contributed by atoms with Gasteiger partial charge in [0.15, 0.2) is 0 Å². The number of carbonyl (C=O) groups is 2. The van der Waals surface area contributed by atoms with E-state index < -0.39 is 16.1 Å². The molecule has 10 heteroatoms. The Morgan fingerprint density at radius 2 is 1.64 bits per heavy atom. The first-order valence-electron chi connectivity index (χ1n) is 11.8. The van der Waals surface area contributed by atoms with Crippen LogP contribution in [0.1, 0.15) is 44.7 Å². The second-order valence-electron chi connectivity index (χ2n) is 9.36. The fourth-order valence-electron chi connectivity index (χ4n) is 3.58. The number of benzene rings is 2. The summed E-state index contributed by atoms with van der Waals surface area (Å²) in [6, 6.07) is 11.5. The van der Waals surface area contributed by atoms with Gasteiger partial charge < -0.3 is 10.2 Å². The van der Waals surface area contributed by atoms with Crippen LogP contribution in [-0.2, 0) is 26.2 Å². The van der Waals surface area contributed by atoms with E-state index in [9.17, 15) is 18.0 Å². The van der Waals surface area contributed by atoms with Crippen molar-refractivity contribution in [2.45, 2.75) is 53.1 Å². The third-order valence-corrected chi connectivity index (χ3v) is 7.60. The van der Waals surface area contributed by atoms with Crippen molar-refractivity contribution in [1.82, 2.24) is 10.2 Å². The summed E-state index contributed by atoms with van der Waals surface area (Å²) < 4.78 is 26.1. The predicted molar refractivity (Wildman–Crippen MR) is 147 cm³/mol. The number of amides is 2. The minimum absolute atomic E-state index is 0.0704. The molecule has 0 radical (unpaired) electrons. The highest BCUT2D eigenvalue weighted by atomic mass is 35.5. The summed E-state index contributed by atoms with van der Waals surface area (Å²) in [4.78, 5) is 27.6. The molecule has 198 valence electrons. The SMILES string of the molecule is Cc1ccc(N(CCCC(=O)N(Cc2ccc(Cl)c(Cl)c2)[C@H](C)C(=O)NCC(C)C)S(C)(=O)=O)cc1. The quantitative estimate of drug-likeness (QED) is 0.397. The Labute approximate surface area is 224 Å². The molecule has 0 aliphatic carbocycles. The number of nitrogens with zero attached hydrogens (tertiary/aromatic N) is 2. The zero-order chi connectivity index (χ0) is 27.0. The molecule has 0 bridgehead atoms. The third kappa shape index (κ3) is 8.98. The highest BCUT2D eigenvalue weighted by Gasteiger charge is 2.27. The van der Waals surface area contributed by atoms with Crippen molar-refractivity contribution in [3.05, 3.63) is 63.6 Å². The molecule has 36 heavy (non-hydrogen) atoms.